The van der Waals surface area contributed by atoms with Gasteiger partial charge in [0.05, 0.1) is 30.8 Å². The summed E-state index contributed by atoms with van der Waals surface area (Å²) in [5.74, 6) is 0. The van der Waals surface area contributed by atoms with Crippen LogP contribution in [0.1, 0.15) is 27.8 Å². The van der Waals surface area contributed by atoms with E-state index in [1.807, 2.05) is 72.8 Å². The zero-order chi connectivity index (χ0) is 30.7. The number of hydrogen-bond acceptors (Lipinski definition) is 2. The van der Waals surface area contributed by atoms with Gasteiger partial charge >= 0.3 is 6.18 Å². The minimum Gasteiger partial charge on any atom is -0.226 e. The topological polar surface area (TPSA) is 56.3 Å². The molecule has 7 heteroatoms. The third-order valence-electron chi connectivity index (χ3n) is 8.19. The molecule has 5 aromatic carbocycles. The molecule has 0 spiro atoms. The number of allylic oxidation sites excluding steroid dienone is 2. The van der Waals surface area contributed by atoms with E-state index in [2.05, 4.69) is 9.69 Å². The number of rotatable bonds is 1. The van der Waals surface area contributed by atoms with Crippen LogP contribution < -0.4 is 0 Å². The summed E-state index contributed by atoms with van der Waals surface area (Å²) in [7, 11) is 0. The second-order valence-electron chi connectivity index (χ2n) is 10.4. The quantitative estimate of drug-likeness (QED) is 0.145. The molecule has 0 atom stereocenters. The molecule has 4 nitrogen and oxygen atoms in total. The molecule has 0 unspecified atom stereocenters. The highest BCUT2D eigenvalue weighted by Crippen LogP contribution is 2.54. The van der Waals surface area contributed by atoms with Crippen molar-refractivity contribution in [2.24, 2.45) is 0 Å². The maximum Gasteiger partial charge on any atom is 0.416 e. The van der Waals surface area contributed by atoms with Gasteiger partial charge in [-0.3, -0.25) is 0 Å². The van der Waals surface area contributed by atoms with Gasteiger partial charge in [-0.1, -0.05) is 60.7 Å². The predicted molar refractivity (Wildman–Crippen MR) is 162 cm³/mol. The van der Waals surface area contributed by atoms with E-state index in [0.29, 0.717) is 39.0 Å². The van der Waals surface area contributed by atoms with Crippen LogP contribution in [0.5, 0.6) is 0 Å². The molecule has 0 amide bonds. The Hall–Kier alpha value is -6.41. The lowest BCUT2D eigenvalue weighted by atomic mass is 9.94. The van der Waals surface area contributed by atoms with E-state index in [0.717, 1.165) is 39.6 Å². The molecule has 0 bridgehead atoms. The predicted octanol–water partition coefficient (Wildman–Crippen LogP) is 9.89. The van der Waals surface area contributed by atoms with Crippen molar-refractivity contribution < 1.29 is 13.2 Å². The molecule has 0 aliphatic heterocycles. The van der Waals surface area contributed by atoms with Crippen molar-refractivity contribution in [2.45, 2.75) is 6.18 Å². The van der Waals surface area contributed by atoms with Gasteiger partial charge in [0.1, 0.15) is 0 Å². The lowest BCUT2D eigenvalue weighted by Gasteiger charge is -2.10. The van der Waals surface area contributed by atoms with E-state index in [9.17, 15) is 23.7 Å². The fourth-order valence-corrected chi connectivity index (χ4v) is 6.33. The van der Waals surface area contributed by atoms with Gasteiger partial charge in [0.25, 0.3) is 11.4 Å². The maximum absolute atomic E-state index is 13.7. The summed E-state index contributed by atoms with van der Waals surface area (Å²) in [5.41, 5.74) is 5.40. The molecule has 2 aliphatic rings. The van der Waals surface area contributed by atoms with Gasteiger partial charge in [0.15, 0.2) is 0 Å². The van der Waals surface area contributed by atoms with Crippen LogP contribution in [0.15, 0.2) is 102 Å². The first-order chi connectivity index (χ1) is 21.3. The molecule has 0 radical (unpaired) electrons. The smallest absolute Gasteiger partial charge is 0.226 e. The molecule has 5 aromatic rings. The van der Waals surface area contributed by atoms with Crippen LogP contribution in [0.4, 0.5) is 13.2 Å². The molecule has 0 saturated heterocycles. The molecule has 0 heterocycles. The van der Waals surface area contributed by atoms with E-state index in [-0.39, 0.29) is 22.5 Å². The Kier molecular flexibility index (Phi) is 5.76. The lowest BCUT2D eigenvalue weighted by Crippen LogP contribution is -2.05. The van der Waals surface area contributed by atoms with Crippen molar-refractivity contribution in [3.05, 3.63) is 153 Å². The van der Waals surface area contributed by atoms with Crippen LogP contribution in [-0.4, -0.2) is 0 Å². The van der Waals surface area contributed by atoms with Crippen molar-refractivity contribution in [1.82, 2.24) is 0 Å². The van der Waals surface area contributed by atoms with Crippen LogP contribution in [0.2, 0.25) is 0 Å². The summed E-state index contributed by atoms with van der Waals surface area (Å²) in [5, 5.41) is 21.9. The molecule has 0 fully saturated rings. The van der Waals surface area contributed by atoms with E-state index >= 15 is 0 Å². The van der Waals surface area contributed by atoms with Crippen LogP contribution in [0.25, 0.3) is 65.0 Å². The summed E-state index contributed by atoms with van der Waals surface area (Å²) >= 11 is 0. The monoisotopic (exact) mass is 572 g/mol. The van der Waals surface area contributed by atoms with Crippen molar-refractivity contribution in [3.63, 3.8) is 0 Å². The Balaban J connectivity index is 1.52. The van der Waals surface area contributed by atoms with Crippen LogP contribution in [0.3, 0.4) is 0 Å². The molecule has 0 N–H and O–H groups in total. The van der Waals surface area contributed by atoms with E-state index in [4.69, 9.17) is 13.1 Å². The molecule has 7 rings (SSSR count). The summed E-state index contributed by atoms with van der Waals surface area (Å²) in [4.78, 5) is 6.89. The zero-order valence-corrected chi connectivity index (χ0v) is 22.6. The largest absolute Gasteiger partial charge is 0.416 e. The Morgan fingerprint density at radius 2 is 1.11 bits per heavy atom. The number of fused-ring (bicyclic) bond motifs is 7. The van der Waals surface area contributed by atoms with E-state index < -0.39 is 11.7 Å². The SMILES string of the molecule is [C-]#[N+]C(C#N)=C1c2cc(-c3cccc4ccccc34)ccc2-c2cc3c(cc21)-c1ccc(C(F)(F)F)cc1C3=C(C#N)[N+]#[C-]. The average molecular weight is 573 g/mol. The second-order valence-corrected chi connectivity index (χ2v) is 10.4. The van der Waals surface area contributed by atoms with Crippen LogP contribution in [0, 0.1) is 35.8 Å². The van der Waals surface area contributed by atoms with Gasteiger partial charge in [0, 0.05) is 11.1 Å². The number of alkyl halides is 3. The number of nitrogens with zero attached hydrogens (tertiary/aromatic N) is 4. The van der Waals surface area contributed by atoms with Crippen molar-refractivity contribution in [3.8, 4) is 45.5 Å². The standard InChI is InChI=1S/C37H15F3N4/c1-43-33(18-41)35-29-14-21(24-9-5-7-20-6-3-4-8-23(20)24)10-12-25(29)27-16-32-28(17-31(27)35)26-13-11-22(37(38,39)40)15-30(26)36(32)34(19-42)44-2/h3-17H. The molecule has 0 aromatic heterocycles. The normalized spacial score (nSPS) is 14.7. The number of hydrogen-bond donors (Lipinski definition) is 0. The Labute approximate surface area is 250 Å². The Bertz CT molecular complexity index is 2330. The lowest BCUT2D eigenvalue weighted by molar-refractivity contribution is -0.137. The fraction of sp³-hybridized carbons (Fsp3) is 0.0270. The highest BCUT2D eigenvalue weighted by molar-refractivity contribution is 6.11. The van der Waals surface area contributed by atoms with Gasteiger partial charge < -0.3 is 0 Å². The van der Waals surface area contributed by atoms with Gasteiger partial charge in [0.2, 0.25) is 0 Å². The summed E-state index contributed by atoms with van der Waals surface area (Å²) in [6.45, 7) is 15.4. The number of benzene rings is 5. The summed E-state index contributed by atoms with van der Waals surface area (Å²) < 4.78 is 41.1. The first kappa shape index (κ1) is 26.5. The number of halogens is 3. The summed E-state index contributed by atoms with van der Waals surface area (Å²) in [6.07, 6.45) is -4.62. The molecule has 2 aliphatic carbocycles. The molecule has 204 valence electrons. The van der Waals surface area contributed by atoms with Crippen molar-refractivity contribution >= 4 is 21.9 Å². The van der Waals surface area contributed by atoms with Crippen LogP contribution >= 0.6 is 0 Å². The first-order valence-electron chi connectivity index (χ1n) is 13.4. The van der Waals surface area contributed by atoms with Crippen molar-refractivity contribution in [1.29, 1.82) is 10.5 Å². The highest BCUT2D eigenvalue weighted by atomic mass is 19.4. The third kappa shape index (κ3) is 3.75. The molecule has 0 saturated carbocycles. The minimum absolute atomic E-state index is 0.111. The summed E-state index contributed by atoms with van der Waals surface area (Å²) in [6, 6.07) is 30.6. The molecular weight excluding hydrogens is 557 g/mol. The van der Waals surface area contributed by atoms with Crippen molar-refractivity contribution in [2.75, 3.05) is 0 Å². The highest BCUT2D eigenvalue weighted by Gasteiger charge is 2.36. The van der Waals surface area contributed by atoms with E-state index in [1.165, 1.54) is 6.07 Å². The zero-order valence-electron chi connectivity index (χ0n) is 22.6. The fourth-order valence-electron chi connectivity index (χ4n) is 6.33. The maximum atomic E-state index is 13.7. The second kappa shape index (κ2) is 9.57. The average Bonchev–Trinajstić information content (AvgIpc) is 3.52. The van der Waals surface area contributed by atoms with Gasteiger partial charge in [-0.2, -0.15) is 13.2 Å². The Morgan fingerprint density at radius 1 is 0.568 bits per heavy atom. The van der Waals surface area contributed by atoms with Gasteiger partial charge in [-0.05, 0) is 96.7 Å². The van der Waals surface area contributed by atoms with Gasteiger partial charge in [-0.25, -0.2) is 20.2 Å². The Morgan fingerprint density at radius 3 is 1.70 bits per heavy atom. The third-order valence-corrected chi connectivity index (χ3v) is 8.19. The molecular formula is C37H15F3N4. The van der Waals surface area contributed by atoms with Crippen LogP contribution in [-0.2, 0) is 6.18 Å². The first-order valence-corrected chi connectivity index (χ1v) is 13.4. The number of nitriles is 2. The van der Waals surface area contributed by atoms with Gasteiger partial charge in [-0.15, -0.1) is 0 Å². The molecule has 44 heavy (non-hydrogen) atoms. The minimum atomic E-state index is -4.62. The van der Waals surface area contributed by atoms with E-state index in [1.54, 1.807) is 12.1 Å².